The van der Waals surface area contributed by atoms with Gasteiger partial charge in [0.25, 0.3) is 5.91 Å². The number of imide groups is 1. The Morgan fingerprint density at radius 2 is 1.97 bits per heavy atom. The van der Waals surface area contributed by atoms with Crippen molar-refractivity contribution in [2.45, 2.75) is 31.9 Å². The zero-order valence-corrected chi connectivity index (χ0v) is 17.8. The van der Waals surface area contributed by atoms with Crippen LogP contribution in [-0.2, 0) is 9.59 Å². The van der Waals surface area contributed by atoms with E-state index in [-0.39, 0.29) is 12.4 Å². The summed E-state index contributed by atoms with van der Waals surface area (Å²) in [6.45, 7) is 5.96. The smallest absolute Gasteiger partial charge is 0.271 e. The Kier molecular flexibility index (Phi) is 5.42. The molecule has 1 N–H and O–H groups in total. The number of carbonyl (C=O) groups is 2. The molecule has 150 valence electrons. The van der Waals surface area contributed by atoms with Crippen molar-refractivity contribution in [3.63, 3.8) is 0 Å². The zero-order chi connectivity index (χ0) is 20.5. The van der Waals surface area contributed by atoms with Crippen LogP contribution in [0.1, 0.15) is 16.3 Å². The molecule has 0 spiro atoms. The van der Waals surface area contributed by atoms with Gasteiger partial charge in [0, 0.05) is 10.3 Å². The molecule has 1 aliphatic heterocycles. The molecule has 1 aromatic carbocycles. The Balaban J connectivity index is 1.40. The summed E-state index contributed by atoms with van der Waals surface area (Å²) in [4.78, 5) is 35.8. The highest BCUT2D eigenvalue weighted by molar-refractivity contribution is 8.00. The fourth-order valence-corrected chi connectivity index (χ4v) is 5.03. The molecule has 7 nitrogen and oxygen atoms in total. The second kappa shape index (κ2) is 8.00. The number of nitrogens with one attached hydrogen (secondary N) is 1. The monoisotopic (exact) mass is 429 g/mol. The average molecular weight is 430 g/mol. The number of thioether (sulfide) groups is 1. The van der Waals surface area contributed by atoms with Crippen LogP contribution in [0.3, 0.4) is 0 Å². The predicted molar refractivity (Wildman–Crippen MR) is 112 cm³/mol. The second-order valence-corrected chi connectivity index (χ2v) is 8.77. The zero-order valence-electron chi connectivity index (χ0n) is 16.1. The third-order valence-electron chi connectivity index (χ3n) is 4.51. The summed E-state index contributed by atoms with van der Waals surface area (Å²) in [6, 6.07) is 7.11. The van der Waals surface area contributed by atoms with E-state index in [2.05, 4.69) is 15.3 Å². The van der Waals surface area contributed by atoms with Crippen LogP contribution in [0.25, 0.3) is 10.2 Å². The van der Waals surface area contributed by atoms with Gasteiger partial charge in [-0.3, -0.25) is 14.9 Å². The fourth-order valence-electron chi connectivity index (χ4n) is 2.96. The van der Waals surface area contributed by atoms with Gasteiger partial charge < -0.3 is 9.47 Å². The van der Waals surface area contributed by atoms with Gasteiger partial charge in [-0.2, -0.15) is 0 Å². The normalized spacial score (nSPS) is 15.3. The van der Waals surface area contributed by atoms with Crippen LogP contribution in [0.2, 0.25) is 0 Å². The summed E-state index contributed by atoms with van der Waals surface area (Å²) in [5.41, 5.74) is 1.12. The fraction of sp³-hybridized carbons (Fsp3) is 0.300. The topological polar surface area (TPSA) is 90.4 Å². The maximum absolute atomic E-state index is 12.4. The number of aromatic nitrogens is 2. The molecule has 1 aliphatic rings. The van der Waals surface area contributed by atoms with Crippen molar-refractivity contribution in [1.82, 2.24) is 15.3 Å². The first-order chi connectivity index (χ1) is 13.9. The number of carbonyl (C=O) groups excluding carboxylic acids is 2. The van der Waals surface area contributed by atoms with E-state index in [1.165, 1.54) is 16.6 Å². The largest absolute Gasteiger partial charge is 0.485 e. The van der Waals surface area contributed by atoms with Crippen molar-refractivity contribution in [1.29, 1.82) is 0 Å². The number of aryl methyl sites for hydroxylation is 3. The molecular formula is C20H19N3O4S2. The molecule has 2 amide bonds. The minimum absolute atomic E-state index is 0.0579. The Morgan fingerprint density at radius 3 is 2.76 bits per heavy atom. The number of rotatable bonds is 4. The number of fused-ring (bicyclic) bond motifs is 2. The predicted octanol–water partition coefficient (Wildman–Crippen LogP) is 3.19. The average Bonchev–Trinajstić information content (AvgIpc) is 2.99. The quantitative estimate of drug-likeness (QED) is 0.503. The molecule has 0 radical (unpaired) electrons. The molecule has 3 aromatic rings. The first-order valence-electron chi connectivity index (χ1n) is 9.01. The number of nitrogens with zero attached hydrogens (tertiary/aromatic N) is 2. The van der Waals surface area contributed by atoms with Crippen LogP contribution in [0.5, 0.6) is 11.5 Å². The summed E-state index contributed by atoms with van der Waals surface area (Å²) in [5.74, 6) is 0.874. The van der Waals surface area contributed by atoms with Crippen molar-refractivity contribution < 1.29 is 19.1 Å². The molecule has 4 rings (SSSR count). The lowest BCUT2D eigenvalue weighted by molar-refractivity contribution is -0.135. The summed E-state index contributed by atoms with van der Waals surface area (Å²) < 4.78 is 11.2. The third kappa shape index (κ3) is 4.06. The number of hydrogen-bond donors (Lipinski definition) is 1. The van der Waals surface area contributed by atoms with Crippen LogP contribution in [0, 0.1) is 20.8 Å². The van der Waals surface area contributed by atoms with Crippen LogP contribution < -0.4 is 14.8 Å². The lowest BCUT2D eigenvalue weighted by atomic mass is 10.2. The van der Waals surface area contributed by atoms with Gasteiger partial charge in [0.05, 0.1) is 5.75 Å². The maximum Gasteiger partial charge on any atom is 0.271 e. The Hall–Kier alpha value is -2.65. The van der Waals surface area contributed by atoms with Gasteiger partial charge in [0.1, 0.15) is 22.3 Å². The van der Waals surface area contributed by atoms with Gasteiger partial charge in [0.2, 0.25) is 12.0 Å². The molecule has 0 unspecified atom stereocenters. The van der Waals surface area contributed by atoms with Gasteiger partial charge in [-0.25, -0.2) is 9.97 Å². The molecule has 29 heavy (non-hydrogen) atoms. The maximum atomic E-state index is 12.4. The number of thiophene rings is 1. The lowest BCUT2D eigenvalue weighted by Gasteiger charge is -2.25. The number of para-hydroxylation sites is 2. The van der Waals surface area contributed by atoms with E-state index in [4.69, 9.17) is 9.47 Å². The van der Waals surface area contributed by atoms with Crippen LogP contribution >= 0.6 is 23.1 Å². The summed E-state index contributed by atoms with van der Waals surface area (Å²) in [5, 5.41) is 4.12. The first-order valence-corrected chi connectivity index (χ1v) is 10.8. The van der Waals surface area contributed by atoms with E-state index in [0.717, 1.165) is 20.8 Å². The number of ether oxygens (including phenoxy) is 2. The Labute approximate surface area is 175 Å². The standard InChI is InChI=1S/C20H19N3O4S2/c1-10-11(2)29-20-17(10)19(21-12(3)22-20)28-9-16(24)23-18(25)15-8-26-13-6-4-5-7-14(13)27-15/h4-7,15H,8-9H2,1-3H3,(H,23,24,25)/t15-/m0/s1. The van der Waals surface area contributed by atoms with E-state index < -0.39 is 17.9 Å². The molecule has 0 fully saturated rings. The van der Waals surface area contributed by atoms with E-state index >= 15 is 0 Å². The van der Waals surface area contributed by atoms with E-state index in [9.17, 15) is 9.59 Å². The van der Waals surface area contributed by atoms with Crippen molar-refractivity contribution >= 4 is 45.1 Å². The molecule has 2 aromatic heterocycles. The van der Waals surface area contributed by atoms with Gasteiger partial charge in [-0.15, -0.1) is 11.3 Å². The molecule has 0 aliphatic carbocycles. The number of amides is 2. The number of hydrogen-bond acceptors (Lipinski definition) is 8. The second-order valence-electron chi connectivity index (χ2n) is 6.60. The van der Waals surface area contributed by atoms with Gasteiger partial charge in [0.15, 0.2) is 11.5 Å². The van der Waals surface area contributed by atoms with Crippen molar-refractivity contribution in [2.75, 3.05) is 12.4 Å². The minimum Gasteiger partial charge on any atom is -0.485 e. The first kappa shape index (κ1) is 19.7. The van der Waals surface area contributed by atoms with Gasteiger partial charge in [-0.1, -0.05) is 23.9 Å². The van der Waals surface area contributed by atoms with E-state index in [1.54, 1.807) is 29.5 Å². The molecule has 3 heterocycles. The molecule has 0 saturated heterocycles. The SMILES string of the molecule is Cc1nc(SCC(=O)NC(=O)[C@@H]2COc3ccccc3O2)c2c(C)c(C)sc2n1. The summed E-state index contributed by atoms with van der Waals surface area (Å²) in [7, 11) is 0. The lowest BCUT2D eigenvalue weighted by Crippen LogP contribution is -2.46. The van der Waals surface area contributed by atoms with Gasteiger partial charge in [-0.05, 0) is 38.5 Å². The summed E-state index contributed by atoms with van der Waals surface area (Å²) >= 11 is 2.91. The highest BCUT2D eigenvalue weighted by Gasteiger charge is 2.28. The summed E-state index contributed by atoms with van der Waals surface area (Å²) in [6.07, 6.45) is -0.867. The van der Waals surface area contributed by atoms with Crippen LogP contribution in [0.15, 0.2) is 29.3 Å². The van der Waals surface area contributed by atoms with Crippen LogP contribution in [0.4, 0.5) is 0 Å². The third-order valence-corrected chi connectivity index (χ3v) is 6.59. The van der Waals surface area contributed by atoms with E-state index in [0.29, 0.717) is 17.3 Å². The van der Waals surface area contributed by atoms with Crippen molar-refractivity contribution in [3.05, 3.63) is 40.5 Å². The Bertz CT molecular complexity index is 1110. The molecular weight excluding hydrogens is 410 g/mol. The highest BCUT2D eigenvalue weighted by atomic mass is 32.2. The number of benzene rings is 1. The molecule has 9 heteroatoms. The Morgan fingerprint density at radius 1 is 1.21 bits per heavy atom. The van der Waals surface area contributed by atoms with Crippen molar-refractivity contribution in [2.24, 2.45) is 0 Å². The minimum atomic E-state index is -0.867. The highest BCUT2D eigenvalue weighted by Crippen LogP contribution is 2.35. The van der Waals surface area contributed by atoms with E-state index in [1.807, 2.05) is 26.8 Å². The van der Waals surface area contributed by atoms with Crippen molar-refractivity contribution in [3.8, 4) is 11.5 Å². The molecule has 0 saturated carbocycles. The molecule has 1 atom stereocenters. The van der Waals surface area contributed by atoms with Gasteiger partial charge >= 0.3 is 0 Å². The molecule has 0 bridgehead atoms. The van der Waals surface area contributed by atoms with Crippen LogP contribution in [-0.4, -0.2) is 40.2 Å².